The standard InChI is InChI=1S/C11H14O3/c1-8-4-3-5-10(6-12)11(8)14-7-9(2)13/h3-6,9,13H,7H2,1-2H3. The summed E-state index contributed by atoms with van der Waals surface area (Å²) in [7, 11) is 0. The lowest BCUT2D eigenvalue weighted by Gasteiger charge is -2.12. The molecule has 1 unspecified atom stereocenters. The van der Waals surface area contributed by atoms with E-state index in [9.17, 15) is 4.79 Å². The fourth-order valence-electron chi connectivity index (χ4n) is 1.17. The van der Waals surface area contributed by atoms with Gasteiger partial charge < -0.3 is 9.84 Å². The van der Waals surface area contributed by atoms with Gasteiger partial charge in [-0.25, -0.2) is 0 Å². The zero-order valence-corrected chi connectivity index (χ0v) is 8.36. The van der Waals surface area contributed by atoms with Gasteiger partial charge in [-0.15, -0.1) is 0 Å². The molecule has 1 atom stereocenters. The van der Waals surface area contributed by atoms with E-state index in [1.807, 2.05) is 13.0 Å². The van der Waals surface area contributed by atoms with Crippen molar-refractivity contribution in [2.45, 2.75) is 20.0 Å². The van der Waals surface area contributed by atoms with Crippen molar-refractivity contribution < 1.29 is 14.6 Å². The molecule has 1 aromatic rings. The first kappa shape index (κ1) is 10.7. The van der Waals surface area contributed by atoms with Crippen molar-refractivity contribution in [2.24, 2.45) is 0 Å². The second kappa shape index (κ2) is 4.77. The molecule has 3 nitrogen and oxygen atoms in total. The lowest BCUT2D eigenvalue weighted by atomic mass is 10.1. The summed E-state index contributed by atoms with van der Waals surface area (Å²) in [4.78, 5) is 10.7. The summed E-state index contributed by atoms with van der Waals surface area (Å²) in [6.07, 6.45) is 0.221. The molecule has 0 aromatic heterocycles. The summed E-state index contributed by atoms with van der Waals surface area (Å²) < 4.78 is 5.34. The van der Waals surface area contributed by atoms with Gasteiger partial charge in [-0.05, 0) is 25.5 Å². The largest absolute Gasteiger partial charge is 0.490 e. The van der Waals surface area contributed by atoms with Crippen molar-refractivity contribution >= 4 is 6.29 Å². The Labute approximate surface area is 83.3 Å². The number of aliphatic hydroxyl groups excluding tert-OH is 1. The molecule has 0 heterocycles. The second-order valence-corrected chi connectivity index (χ2v) is 3.27. The van der Waals surface area contributed by atoms with Crippen LogP contribution >= 0.6 is 0 Å². The van der Waals surface area contributed by atoms with Crippen LogP contribution in [0, 0.1) is 6.92 Å². The van der Waals surface area contributed by atoms with Crippen molar-refractivity contribution in [2.75, 3.05) is 6.61 Å². The molecule has 3 heteroatoms. The molecule has 0 saturated carbocycles. The summed E-state index contributed by atoms with van der Waals surface area (Å²) >= 11 is 0. The number of para-hydroxylation sites is 1. The van der Waals surface area contributed by atoms with E-state index < -0.39 is 6.10 Å². The van der Waals surface area contributed by atoms with E-state index in [2.05, 4.69) is 0 Å². The summed E-state index contributed by atoms with van der Waals surface area (Å²) in [5, 5.41) is 9.05. The Bertz CT molecular complexity index is 318. The van der Waals surface area contributed by atoms with E-state index in [1.165, 1.54) is 0 Å². The molecule has 1 aromatic carbocycles. The van der Waals surface area contributed by atoms with Crippen LogP contribution in [0.1, 0.15) is 22.8 Å². The number of ether oxygens (including phenoxy) is 1. The summed E-state index contributed by atoms with van der Waals surface area (Å²) in [5.41, 5.74) is 1.42. The molecule has 0 saturated heterocycles. The molecule has 1 N–H and O–H groups in total. The zero-order valence-electron chi connectivity index (χ0n) is 8.36. The van der Waals surface area contributed by atoms with Crippen molar-refractivity contribution in [1.82, 2.24) is 0 Å². The number of aryl methyl sites for hydroxylation is 1. The molecular formula is C11H14O3. The normalized spacial score (nSPS) is 12.2. The van der Waals surface area contributed by atoms with E-state index in [0.29, 0.717) is 11.3 Å². The number of aliphatic hydroxyl groups is 1. The maximum Gasteiger partial charge on any atom is 0.153 e. The predicted molar refractivity (Wildman–Crippen MR) is 53.7 cm³/mol. The Morgan fingerprint density at radius 1 is 1.57 bits per heavy atom. The highest BCUT2D eigenvalue weighted by Gasteiger charge is 2.06. The average molecular weight is 194 g/mol. The SMILES string of the molecule is Cc1cccc(C=O)c1OCC(C)O. The Balaban J connectivity index is 2.87. The average Bonchev–Trinajstić information content (AvgIpc) is 2.15. The van der Waals surface area contributed by atoms with Crippen LogP contribution in [-0.2, 0) is 0 Å². The van der Waals surface area contributed by atoms with Crippen molar-refractivity contribution in [3.63, 3.8) is 0 Å². The molecular weight excluding hydrogens is 180 g/mol. The van der Waals surface area contributed by atoms with E-state index in [1.54, 1.807) is 19.1 Å². The van der Waals surface area contributed by atoms with Crippen LogP contribution in [0.25, 0.3) is 0 Å². The zero-order chi connectivity index (χ0) is 10.6. The molecule has 0 aliphatic carbocycles. The molecule has 0 bridgehead atoms. The third-order valence-electron chi connectivity index (χ3n) is 1.84. The summed E-state index contributed by atoms with van der Waals surface area (Å²) in [5.74, 6) is 0.559. The molecule has 0 aliphatic rings. The first-order chi connectivity index (χ1) is 6.65. The monoisotopic (exact) mass is 194 g/mol. The van der Waals surface area contributed by atoms with Gasteiger partial charge in [0.2, 0.25) is 0 Å². The second-order valence-electron chi connectivity index (χ2n) is 3.27. The minimum Gasteiger partial charge on any atom is -0.490 e. The first-order valence-corrected chi connectivity index (χ1v) is 4.50. The van der Waals surface area contributed by atoms with Gasteiger partial charge >= 0.3 is 0 Å². The first-order valence-electron chi connectivity index (χ1n) is 4.50. The van der Waals surface area contributed by atoms with E-state index in [4.69, 9.17) is 9.84 Å². The number of benzene rings is 1. The van der Waals surface area contributed by atoms with E-state index >= 15 is 0 Å². The Kier molecular flexibility index (Phi) is 3.65. The predicted octanol–water partition coefficient (Wildman–Crippen LogP) is 1.57. The molecule has 0 radical (unpaired) electrons. The smallest absolute Gasteiger partial charge is 0.153 e. The Hall–Kier alpha value is -1.35. The highest BCUT2D eigenvalue weighted by atomic mass is 16.5. The number of hydrogen-bond acceptors (Lipinski definition) is 3. The number of aldehydes is 1. The van der Waals surface area contributed by atoms with E-state index in [0.717, 1.165) is 11.8 Å². The van der Waals surface area contributed by atoms with Crippen LogP contribution in [0.3, 0.4) is 0 Å². The van der Waals surface area contributed by atoms with Crippen LogP contribution in [0.2, 0.25) is 0 Å². The van der Waals surface area contributed by atoms with Crippen LogP contribution in [0.5, 0.6) is 5.75 Å². The van der Waals surface area contributed by atoms with Crippen molar-refractivity contribution in [3.8, 4) is 5.75 Å². The Morgan fingerprint density at radius 2 is 2.29 bits per heavy atom. The van der Waals surface area contributed by atoms with Crippen LogP contribution in [-0.4, -0.2) is 24.1 Å². The number of carbonyl (C=O) groups is 1. The highest BCUT2D eigenvalue weighted by Crippen LogP contribution is 2.21. The third kappa shape index (κ3) is 2.57. The summed E-state index contributed by atoms with van der Waals surface area (Å²) in [6.45, 7) is 3.70. The highest BCUT2D eigenvalue weighted by molar-refractivity contribution is 5.80. The molecule has 1 rings (SSSR count). The van der Waals surface area contributed by atoms with E-state index in [-0.39, 0.29) is 6.61 Å². The molecule has 0 amide bonds. The number of hydrogen-bond donors (Lipinski definition) is 1. The van der Waals surface area contributed by atoms with Gasteiger partial charge in [0.15, 0.2) is 6.29 Å². The molecule has 76 valence electrons. The van der Waals surface area contributed by atoms with Crippen molar-refractivity contribution in [1.29, 1.82) is 0 Å². The minimum atomic E-state index is -0.533. The maximum absolute atomic E-state index is 10.7. The number of carbonyl (C=O) groups excluding carboxylic acids is 1. The quantitative estimate of drug-likeness (QED) is 0.740. The van der Waals surface area contributed by atoms with Gasteiger partial charge in [0.05, 0.1) is 11.7 Å². The van der Waals surface area contributed by atoms with Gasteiger partial charge in [-0.1, -0.05) is 12.1 Å². The topological polar surface area (TPSA) is 46.5 Å². The van der Waals surface area contributed by atoms with Crippen LogP contribution in [0.15, 0.2) is 18.2 Å². The molecule has 0 fully saturated rings. The Morgan fingerprint density at radius 3 is 2.86 bits per heavy atom. The van der Waals surface area contributed by atoms with Crippen LogP contribution < -0.4 is 4.74 Å². The maximum atomic E-state index is 10.7. The van der Waals surface area contributed by atoms with Crippen molar-refractivity contribution in [3.05, 3.63) is 29.3 Å². The molecule has 0 aliphatic heterocycles. The van der Waals surface area contributed by atoms with Gasteiger partial charge in [-0.2, -0.15) is 0 Å². The van der Waals surface area contributed by atoms with Crippen LogP contribution in [0.4, 0.5) is 0 Å². The van der Waals surface area contributed by atoms with Gasteiger partial charge in [0, 0.05) is 0 Å². The van der Waals surface area contributed by atoms with Gasteiger partial charge in [0.1, 0.15) is 12.4 Å². The number of rotatable bonds is 4. The lowest BCUT2D eigenvalue weighted by Crippen LogP contribution is -2.14. The fourth-order valence-corrected chi connectivity index (χ4v) is 1.17. The van der Waals surface area contributed by atoms with Gasteiger partial charge in [0.25, 0.3) is 0 Å². The lowest BCUT2D eigenvalue weighted by molar-refractivity contribution is 0.109. The minimum absolute atomic E-state index is 0.200. The van der Waals surface area contributed by atoms with Gasteiger partial charge in [-0.3, -0.25) is 4.79 Å². The molecule has 0 spiro atoms. The summed E-state index contributed by atoms with van der Waals surface area (Å²) in [6, 6.07) is 5.36. The molecule has 14 heavy (non-hydrogen) atoms. The third-order valence-corrected chi connectivity index (χ3v) is 1.84. The fraction of sp³-hybridized carbons (Fsp3) is 0.364.